The van der Waals surface area contributed by atoms with Gasteiger partial charge >= 0.3 is 0 Å². The van der Waals surface area contributed by atoms with E-state index in [1.54, 1.807) is 31.2 Å². The number of benzene rings is 1. The number of hydrogen-bond acceptors (Lipinski definition) is 4. The number of halogens is 1. The Morgan fingerprint density at radius 2 is 2.00 bits per heavy atom. The van der Waals surface area contributed by atoms with Gasteiger partial charge in [-0.15, -0.1) is 5.10 Å². The summed E-state index contributed by atoms with van der Waals surface area (Å²) >= 11 is 5.75. The van der Waals surface area contributed by atoms with Crippen molar-refractivity contribution in [1.29, 1.82) is 0 Å². The van der Waals surface area contributed by atoms with Crippen LogP contribution in [-0.4, -0.2) is 20.7 Å². The van der Waals surface area contributed by atoms with E-state index < -0.39 is 5.97 Å². The summed E-state index contributed by atoms with van der Waals surface area (Å²) in [5.41, 5.74) is 0.696. The Bertz CT molecular complexity index is 533. The van der Waals surface area contributed by atoms with Crippen molar-refractivity contribution in [2.45, 2.75) is 6.92 Å². The van der Waals surface area contributed by atoms with Gasteiger partial charge in [-0.25, -0.2) is 9.67 Å². The zero-order valence-corrected chi connectivity index (χ0v) is 9.10. The average Bonchev–Trinajstić information content (AvgIpc) is 2.62. The predicted octanol–water partition coefficient (Wildman–Crippen LogP) is 0.593. The van der Waals surface area contributed by atoms with Crippen LogP contribution in [0, 0.1) is 6.92 Å². The van der Waals surface area contributed by atoms with E-state index in [1.807, 2.05) is 0 Å². The molecule has 0 bridgehead atoms. The lowest BCUT2D eigenvalue weighted by molar-refractivity contribution is -0.256. The topological polar surface area (TPSA) is 70.8 Å². The summed E-state index contributed by atoms with van der Waals surface area (Å²) in [5, 5.41) is 15.0. The number of carboxylic acids is 1. The summed E-state index contributed by atoms with van der Waals surface area (Å²) in [6.07, 6.45) is 0. The van der Waals surface area contributed by atoms with Gasteiger partial charge in [0.1, 0.15) is 11.8 Å². The lowest BCUT2D eigenvalue weighted by Crippen LogP contribution is -2.23. The third kappa shape index (κ3) is 1.90. The van der Waals surface area contributed by atoms with Gasteiger partial charge in [0.15, 0.2) is 5.82 Å². The molecular weight excluding hydrogens is 230 g/mol. The third-order valence-corrected chi connectivity index (χ3v) is 2.27. The van der Waals surface area contributed by atoms with E-state index in [2.05, 4.69) is 10.1 Å². The quantitative estimate of drug-likeness (QED) is 0.765. The van der Waals surface area contributed by atoms with Crippen LogP contribution >= 0.6 is 11.6 Å². The average molecular weight is 237 g/mol. The first-order chi connectivity index (χ1) is 7.58. The standard InChI is InChI=1S/C10H8ClN3O2/c1-6-12-9(10(15)16)13-14(6)8-4-2-7(11)3-5-8/h2-5H,1H3,(H,15,16)/p-1. The van der Waals surface area contributed by atoms with Gasteiger partial charge in [0.25, 0.3) is 0 Å². The van der Waals surface area contributed by atoms with E-state index in [0.29, 0.717) is 16.5 Å². The normalized spacial score (nSPS) is 10.4. The van der Waals surface area contributed by atoms with Crippen LogP contribution in [0.5, 0.6) is 0 Å². The molecule has 0 radical (unpaired) electrons. The molecule has 2 rings (SSSR count). The Morgan fingerprint density at radius 3 is 2.50 bits per heavy atom. The summed E-state index contributed by atoms with van der Waals surface area (Å²) in [7, 11) is 0. The van der Waals surface area contributed by atoms with Crippen LogP contribution < -0.4 is 5.11 Å². The molecule has 0 saturated heterocycles. The Kier molecular flexibility index (Phi) is 2.62. The van der Waals surface area contributed by atoms with Crippen molar-refractivity contribution >= 4 is 17.6 Å². The number of hydrogen-bond donors (Lipinski definition) is 0. The molecule has 0 aliphatic rings. The zero-order valence-electron chi connectivity index (χ0n) is 8.35. The largest absolute Gasteiger partial charge is 0.541 e. The fourth-order valence-electron chi connectivity index (χ4n) is 1.30. The minimum atomic E-state index is -1.39. The van der Waals surface area contributed by atoms with Crippen molar-refractivity contribution < 1.29 is 9.90 Å². The first-order valence-electron chi connectivity index (χ1n) is 4.49. The van der Waals surface area contributed by atoms with Crippen molar-refractivity contribution in [2.75, 3.05) is 0 Å². The van der Waals surface area contributed by atoms with Crippen LogP contribution in [0.4, 0.5) is 0 Å². The maximum Gasteiger partial charge on any atom is 0.197 e. The number of aromatic nitrogens is 3. The predicted molar refractivity (Wildman–Crippen MR) is 55.4 cm³/mol. The van der Waals surface area contributed by atoms with Crippen LogP contribution in [0.3, 0.4) is 0 Å². The molecule has 0 spiro atoms. The molecule has 0 fully saturated rings. The molecule has 6 heteroatoms. The van der Waals surface area contributed by atoms with E-state index in [-0.39, 0.29) is 5.82 Å². The van der Waals surface area contributed by atoms with Gasteiger partial charge in [-0.3, -0.25) is 0 Å². The number of aryl methyl sites for hydroxylation is 1. The molecule has 0 atom stereocenters. The van der Waals surface area contributed by atoms with E-state index in [0.717, 1.165) is 0 Å². The first-order valence-corrected chi connectivity index (χ1v) is 4.86. The Balaban J connectivity index is 2.47. The van der Waals surface area contributed by atoms with Crippen LogP contribution in [-0.2, 0) is 0 Å². The molecule has 5 nitrogen and oxygen atoms in total. The lowest BCUT2D eigenvalue weighted by atomic mass is 10.3. The van der Waals surface area contributed by atoms with Crippen LogP contribution in [0.1, 0.15) is 16.4 Å². The molecule has 0 amide bonds. The van der Waals surface area contributed by atoms with Crippen molar-refractivity contribution in [3.63, 3.8) is 0 Å². The minimum Gasteiger partial charge on any atom is -0.541 e. The number of carbonyl (C=O) groups is 1. The lowest BCUT2D eigenvalue weighted by Gasteiger charge is -2.02. The molecule has 2 aromatic rings. The molecule has 16 heavy (non-hydrogen) atoms. The number of carbonyl (C=O) groups excluding carboxylic acids is 1. The van der Waals surface area contributed by atoms with E-state index in [9.17, 15) is 9.90 Å². The summed E-state index contributed by atoms with van der Waals surface area (Å²) in [4.78, 5) is 14.3. The van der Waals surface area contributed by atoms with Gasteiger partial charge in [0.2, 0.25) is 0 Å². The number of nitrogens with zero attached hydrogens (tertiary/aromatic N) is 3. The Labute approximate surface area is 96.3 Å². The number of aromatic carboxylic acids is 1. The van der Waals surface area contributed by atoms with Gasteiger partial charge in [0, 0.05) is 5.02 Å². The van der Waals surface area contributed by atoms with Crippen LogP contribution in [0.2, 0.25) is 5.02 Å². The third-order valence-electron chi connectivity index (χ3n) is 2.02. The van der Waals surface area contributed by atoms with Gasteiger partial charge in [0.05, 0.1) is 5.69 Å². The summed E-state index contributed by atoms with van der Waals surface area (Å²) in [5.74, 6) is -1.25. The minimum absolute atomic E-state index is 0.326. The molecule has 1 heterocycles. The summed E-state index contributed by atoms with van der Waals surface area (Å²) in [6, 6.07) is 6.83. The fourth-order valence-corrected chi connectivity index (χ4v) is 1.43. The van der Waals surface area contributed by atoms with E-state index in [4.69, 9.17) is 11.6 Å². The zero-order chi connectivity index (χ0) is 11.7. The number of rotatable bonds is 2. The second kappa shape index (κ2) is 3.94. The molecule has 82 valence electrons. The molecule has 0 saturated carbocycles. The van der Waals surface area contributed by atoms with Crippen molar-refractivity contribution in [3.05, 3.63) is 40.9 Å². The number of carboxylic acid groups (broad SMARTS) is 1. The highest BCUT2D eigenvalue weighted by Gasteiger charge is 2.08. The molecule has 1 aromatic heterocycles. The fraction of sp³-hybridized carbons (Fsp3) is 0.100. The maximum atomic E-state index is 10.6. The molecule has 0 unspecified atom stereocenters. The monoisotopic (exact) mass is 236 g/mol. The first kappa shape index (κ1) is 10.6. The van der Waals surface area contributed by atoms with Gasteiger partial charge in [-0.2, -0.15) is 0 Å². The SMILES string of the molecule is Cc1nc(C(=O)[O-])nn1-c1ccc(Cl)cc1. The van der Waals surface area contributed by atoms with Gasteiger partial charge in [-0.1, -0.05) is 11.6 Å². The molecule has 0 N–H and O–H groups in total. The van der Waals surface area contributed by atoms with Gasteiger partial charge < -0.3 is 9.90 Å². The van der Waals surface area contributed by atoms with Gasteiger partial charge in [-0.05, 0) is 31.2 Å². The van der Waals surface area contributed by atoms with Crippen molar-refractivity contribution in [1.82, 2.24) is 14.8 Å². The van der Waals surface area contributed by atoms with E-state index in [1.165, 1.54) is 4.68 Å². The smallest absolute Gasteiger partial charge is 0.197 e. The second-order valence-corrected chi connectivity index (χ2v) is 3.59. The Hall–Kier alpha value is -1.88. The molecule has 1 aromatic carbocycles. The highest BCUT2D eigenvalue weighted by atomic mass is 35.5. The Morgan fingerprint density at radius 1 is 1.38 bits per heavy atom. The van der Waals surface area contributed by atoms with Crippen LogP contribution in [0.15, 0.2) is 24.3 Å². The summed E-state index contributed by atoms with van der Waals surface area (Å²) < 4.78 is 1.42. The van der Waals surface area contributed by atoms with Crippen molar-refractivity contribution in [3.8, 4) is 5.69 Å². The molecule has 0 aliphatic carbocycles. The van der Waals surface area contributed by atoms with Crippen LogP contribution in [0.25, 0.3) is 5.69 Å². The second-order valence-electron chi connectivity index (χ2n) is 3.16. The van der Waals surface area contributed by atoms with Crippen molar-refractivity contribution in [2.24, 2.45) is 0 Å². The maximum absolute atomic E-state index is 10.6. The molecular formula is C10H7ClN3O2-. The summed E-state index contributed by atoms with van der Waals surface area (Å²) in [6.45, 7) is 1.66. The van der Waals surface area contributed by atoms with E-state index >= 15 is 0 Å². The highest BCUT2D eigenvalue weighted by Crippen LogP contribution is 2.13. The highest BCUT2D eigenvalue weighted by molar-refractivity contribution is 6.30. The molecule has 0 aliphatic heterocycles.